The normalized spacial score (nSPS) is 14.8. The van der Waals surface area contributed by atoms with E-state index in [2.05, 4.69) is 15.6 Å². The van der Waals surface area contributed by atoms with Crippen LogP contribution in [-0.4, -0.2) is 20.4 Å². The van der Waals surface area contributed by atoms with Crippen molar-refractivity contribution < 1.29 is 9.18 Å². The lowest BCUT2D eigenvalue weighted by Gasteiger charge is -2.27. The number of rotatable bonds is 6. The molecule has 1 amide bonds. The van der Waals surface area contributed by atoms with E-state index in [4.69, 9.17) is 4.98 Å². The number of hydrogen-bond acceptors (Lipinski definition) is 7. The number of aromatic nitrogens is 3. The fourth-order valence-electron chi connectivity index (χ4n) is 4.55. The maximum atomic E-state index is 13.7. The average molecular weight is 532 g/mol. The zero-order valence-corrected chi connectivity index (χ0v) is 21.2. The van der Waals surface area contributed by atoms with E-state index in [9.17, 15) is 14.0 Å². The Balaban J connectivity index is 1.28. The summed E-state index contributed by atoms with van der Waals surface area (Å²) in [5.74, 6) is -0.0881. The van der Waals surface area contributed by atoms with Gasteiger partial charge in [0.05, 0.1) is 23.2 Å². The second-order valence-corrected chi connectivity index (χ2v) is 10.9. The van der Waals surface area contributed by atoms with E-state index in [1.54, 1.807) is 35.9 Å². The predicted octanol–water partition coefficient (Wildman–Crippen LogP) is 5.14. The Morgan fingerprint density at radius 2 is 2.08 bits per heavy atom. The highest BCUT2D eigenvalue weighted by atomic mass is 32.1. The van der Waals surface area contributed by atoms with E-state index in [1.165, 1.54) is 28.0 Å². The fourth-order valence-corrected chi connectivity index (χ4v) is 6.24. The summed E-state index contributed by atoms with van der Waals surface area (Å²) in [6.45, 7) is 0.215. The highest BCUT2D eigenvalue weighted by Crippen LogP contribution is 2.32. The van der Waals surface area contributed by atoms with Gasteiger partial charge in [-0.1, -0.05) is 18.2 Å². The Hall–Kier alpha value is -3.89. The van der Waals surface area contributed by atoms with Crippen molar-refractivity contribution >= 4 is 44.4 Å². The van der Waals surface area contributed by atoms with Crippen LogP contribution in [0.3, 0.4) is 0 Å². The number of pyridine rings is 1. The second kappa shape index (κ2) is 9.87. The van der Waals surface area contributed by atoms with Crippen molar-refractivity contribution in [3.63, 3.8) is 0 Å². The molecule has 0 fully saturated rings. The summed E-state index contributed by atoms with van der Waals surface area (Å²) in [5, 5.41) is 9.21. The van der Waals surface area contributed by atoms with Crippen LogP contribution >= 0.6 is 22.7 Å². The lowest BCUT2D eigenvalue weighted by atomic mass is 9.96. The second-order valence-electron chi connectivity index (χ2n) is 8.82. The van der Waals surface area contributed by atoms with Gasteiger partial charge in [0.2, 0.25) is 5.91 Å². The molecule has 5 aromatic rings. The minimum absolute atomic E-state index is 0.139. The number of fused-ring (bicyclic) bond motifs is 2. The number of nitrogens with zero attached hydrogens (tertiary/aromatic N) is 3. The third-order valence-electron chi connectivity index (χ3n) is 6.38. The number of carbonyl (C=O) groups excluding carboxylic acids is 1. The molecule has 4 aromatic heterocycles. The number of anilines is 1. The molecule has 0 spiro atoms. The maximum Gasteiger partial charge on any atom is 0.277 e. The van der Waals surface area contributed by atoms with Crippen molar-refractivity contribution in [1.29, 1.82) is 0 Å². The molecule has 7 nitrogen and oxygen atoms in total. The van der Waals surface area contributed by atoms with Crippen LogP contribution < -0.4 is 16.2 Å². The van der Waals surface area contributed by atoms with E-state index in [0.717, 1.165) is 31.8 Å². The number of nitrogens with one attached hydrogen (secondary N) is 2. The molecule has 1 aliphatic rings. The van der Waals surface area contributed by atoms with Gasteiger partial charge in [0.15, 0.2) is 5.82 Å². The molecule has 6 rings (SSSR count). The average Bonchev–Trinajstić information content (AvgIpc) is 3.59. The molecular formula is C27H22FN5O2S2. The van der Waals surface area contributed by atoms with Crippen molar-refractivity contribution in [1.82, 2.24) is 19.9 Å². The van der Waals surface area contributed by atoms with Crippen molar-refractivity contribution in [3.05, 3.63) is 98.6 Å². The lowest BCUT2D eigenvalue weighted by molar-refractivity contribution is -0.121. The Morgan fingerprint density at radius 3 is 2.86 bits per heavy atom. The number of aryl methyl sites for hydroxylation is 1. The molecule has 37 heavy (non-hydrogen) atoms. The summed E-state index contributed by atoms with van der Waals surface area (Å²) in [6, 6.07) is 13.9. The molecule has 0 unspecified atom stereocenters. The maximum absolute atomic E-state index is 13.7. The molecular weight excluding hydrogens is 509 g/mol. The Bertz CT molecular complexity index is 1610. The summed E-state index contributed by atoms with van der Waals surface area (Å²) in [6.07, 6.45) is 4.88. The molecule has 0 aliphatic carbocycles. The van der Waals surface area contributed by atoms with Crippen molar-refractivity contribution in [2.45, 2.75) is 32.0 Å². The Morgan fingerprint density at radius 1 is 1.22 bits per heavy atom. The zero-order valence-electron chi connectivity index (χ0n) is 19.6. The van der Waals surface area contributed by atoms with Gasteiger partial charge in [-0.2, -0.15) is 0 Å². The first-order valence-electron chi connectivity index (χ1n) is 11.8. The molecule has 0 saturated carbocycles. The molecule has 1 aromatic carbocycles. The minimum atomic E-state index is -0.303. The highest BCUT2D eigenvalue weighted by molar-refractivity contribution is 7.19. The fraction of sp³-hybridized carbons (Fsp3) is 0.185. The van der Waals surface area contributed by atoms with Gasteiger partial charge in [-0.15, -0.1) is 22.7 Å². The standard InChI is InChI=1S/C27H22FN5O2S2/c28-18-5-3-16(4-6-18)20-7-8-21-25(31-20)27(35)33(26(32-21)23-2-1-11-36-23)15-24(34)30-14-19-12-17-13-29-10-9-22(17)37-19/h1-6,9-13,20,31H,7-8,14-15H2,(H,30,34)/t20-/m0/s1. The number of hydrogen-bond donors (Lipinski definition) is 2. The first-order valence-corrected chi connectivity index (χ1v) is 13.5. The van der Waals surface area contributed by atoms with Gasteiger partial charge in [-0.25, -0.2) is 9.37 Å². The molecule has 10 heteroatoms. The van der Waals surface area contributed by atoms with Crippen LogP contribution in [0.4, 0.5) is 10.1 Å². The molecule has 0 saturated heterocycles. The molecule has 186 valence electrons. The van der Waals surface area contributed by atoms with Gasteiger partial charge >= 0.3 is 0 Å². The Labute approximate surface area is 219 Å². The van der Waals surface area contributed by atoms with Crippen LogP contribution in [0, 0.1) is 5.82 Å². The van der Waals surface area contributed by atoms with E-state index >= 15 is 0 Å². The quantitative estimate of drug-likeness (QED) is 0.317. The lowest BCUT2D eigenvalue weighted by Crippen LogP contribution is -2.36. The van der Waals surface area contributed by atoms with E-state index in [-0.39, 0.29) is 29.9 Å². The van der Waals surface area contributed by atoms with Gasteiger partial charge in [-0.05, 0) is 54.1 Å². The van der Waals surface area contributed by atoms with Gasteiger partial charge in [-0.3, -0.25) is 19.1 Å². The van der Waals surface area contributed by atoms with Crippen LogP contribution in [0.1, 0.15) is 28.6 Å². The molecule has 5 heterocycles. The van der Waals surface area contributed by atoms with Gasteiger partial charge in [0, 0.05) is 27.4 Å². The number of halogens is 1. The van der Waals surface area contributed by atoms with Crippen LogP contribution in [0.25, 0.3) is 20.8 Å². The number of thiophene rings is 2. The third kappa shape index (κ3) is 4.77. The third-order valence-corrected chi connectivity index (χ3v) is 8.36. The van der Waals surface area contributed by atoms with Gasteiger partial charge < -0.3 is 10.6 Å². The molecule has 1 aliphatic heterocycles. The molecule has 1 atom stereocenters. The van der Waals surface area contributed by atoms with Crippen LogP contribution in [0.2, 0.25) is 0 Å². The molecule has 2 N–H and O–H groups in total. The van der Waals surface area contributed by atoms with Crippen LogP contribution in [0.5, 0.6) is 0 Å². The van der Waals surface area contributed by atoms with Gasteiger partial charge in [0.1, 0.15) is 18.0 Å². The number of carbonyl (C=O) groups is 1. The smallest absolute Gasteiger partial charge is 0.277 e. The summed E-state index contributed by atoms with van der Waals surface area (Å²) >= 11 is 3.07. The summed E-state index contributed by atoms with van der Waals surface area (Å²) in [5.41, 5.74) is 1.69. The topological polar surface area (TPSA) is 88.9 Å². The van der Waals surface area contributed by atoms with Crippen LogP contribution in [-0.2, 0) is 24.3 Å². The predicted molar refractivity (Wildman–Crippen MR) is 144 cm³/mol. The van der Waals surface area contributed by atoms with E-state index in [0.29, 0.717) is 30.2 Å². The van der Waals surface area contributed by atoms with Crippen molar-refractivity contribution in [3.8, 4) is 10.7 Å². The monoisotopic (exact) mass is 531 g/mol. The SMILES string of the molecule is O=C(Cn1c(-c2cccs2)nc2c(c1=O)N[C@H](c1ccc(F)cc1)CC2)NCc1cc2cnccc2s1. The zero-order chi connectivity index (χ0) is 25.4. The first kappa shape index (κ1) is 23.5. The van der Waals surface area contributed by atoms with Crippen molar-refractivity contribution in [2.75, 3.05) is 5.32 Å². The number of benzene rings is 1. The van der Waals surface area contributed by atoms with Gasteiger partial charge in [0.25, 0.3) is 5.56 Å². The van der Waals surface area contributed by atoms with Crippen LogP contribution in [0.15, 0.2) is 71.1 Å². The summed E-state index contributed by atoms with van der Waals surface area (Å²) < 4.78 is 16.0. The summed E-state index contributed by atoms with van der Waals surface area (Å²) in [7, 11) is 0. The summed E-state index contributed by atoms with van der Waals surface area (Å²) in [4.78, 5) is 37.5. The number of amides is 1. The van der Waals surface area contributed by atoms with E-state index < -0.39 is 0 Å². The largest absolute Gasteiger partial charge is 0.372 e. The van der Waals surface area contributed by atoms with E-state index in [1.807, 2.05) is 29.6 Å². The first-order chi connectivity index (χ1) is 18.0. The van der Waals surface area contributed by atoms with Crippen molar-refractivity contribution in [2.24, 2.45) is 0 Å². The molecule has 0 bridgehead atoms. The Kier molecular flexibility index (Phi) is 6.27. The minimum Gasteiger partial charge on any atom is -0.372 e. The highest BCUT2D eigenvalue weighted by Gasteiger charge is 2.26. The molecule has 0 radical (unpaired) electrons.